The van der Waals surface area contributed by atoms with Gasteiger partial charge in [0, 0.05) is 5.38 Å². The molecule has 0 bridgehead atoms. The van der Waals surface area contributed by atoms with Gasteiger partial charge in [0.05, 0.1) is 17.3 Å². The van der Waals surface area contributed by atoms with Crippen molar-refractivity contribution in [3.8, 4) is 5.75 Å². The van der Waals surface area contributed by atoms with Gasteiger partial charge in [0.25, 0.3) is 5.91 Å². The number of hydrogen-bond acceptors (Lipinski definition) is 4. The summed E-state index contributed by atoms with van der Waals surface area (Å²) in [5.41, 5.74) is 2.49. The average molecular weight is 290 g/mol. The van der Waals surface area contributed by atoms with Crippen LogP contribution in [0.3, 0.4) is 0 Å². The number of rotatable bonds is 5. The zero-order valence-electron chi connectivity index (χ0n) is 11.8. The lowest BCUT2D eigenvalue weighted by molar-refractivity contribution is 0.0926. The number of hydrogen-bond donors (Lipinski definition) is 1. The molecule has 0 unspecified atom stereocenters. The molecule has 20 heavy (non-hydrogen) atoms. The van der Waals surface area contributed by atoms with Gasteiger partial charge in [0.2, 0.25) is 0 Å². The molecule has 0 aliphatic carbocycles. The lowest BCUT2D eigenvalue weighted by atomic mass is 10.2. The molecule has 5 heteroatoms. The Bertz CT molecular complexity index is 595. The number of aromatic nitrogens is 1. The van der Waals surface area contributed by atoms with Crippen LogP contribution in [0, 0.1) is 13.8 Å². The highest BCUT2D eigenvalue weighted by Gasteiger charge is 2.14. The van der Waals surface area contributed by atoms with Gasteiger partial charge >= 0.3 is 0 Å². The fourth-order valence-corrected chi connectivity index (χ4v) is 2.48. The minimum Gasteiger partial charge on any atom is -0.491 e. The van der Waals surface area contributed by atoms with E-state index in [1.54, 1.807) is 5.38 Å². The van der Waals surface area contributed by atoms with E-state index in [0.29, 0.717) is 12.2 Å². The van der Waals surface area contributed by atoms with Crippen molar-refractivity contribution in [3.63, 3.8) is 0 Å². The predicted octanol–water partition coefficient (Wildman–Crippen LogP) is 2.96. The number of aryl methyl sites for hydroxylation is 2. The van der Waals surface area contributed by atoms with Gasteiger partial charge in [0.15, 0.2) is 0 Å². The molecule has 0 saturated carbocycles. The van der Waals surface area contributed by atoms with Crippen molar-refractivity contribution in [3.05, 3.63) is 46.5 Å². The van der Waals surface area contributed by atoms with E-state index < -0.39 is 0 Å². The minimum absolute atomic E-state index is 0.0681. The summed E-state index contributed by atoms with van der Waals surface area (Å²) in [6, 6.07) is 7.77. The second-order valence-corrected chi connectivity index (χ2v) is 5.39. The van der Waals surface area contributed by atoms with E-state index in [1.807, 2.05) is 45.0 Å². The summed E-state index contributed by atoms with van der Waals surface area (Å²) < 4.78 is 9.82. The van der Waals surface area contributed by atoms with Crippen LogP contribution < -0.4 is 10.1 Å². The number of nitrogens with one attached hydrogen (secondary N) is 1. The fraction of sp³-hybridized carbons (Fsp3) is 0.333. The summed E-state index contributed by atoms with van der Waals surface area (Å²) >= 11 is 1.29. The average Bonchev–Trinajstić information content (AvgIpc) is 2.84. The maximum atomic E-state index is 12.0. The predicted molar refractivity (Wildman–Crippen MR) is 80.5 cm³/mol. The van der Waals surface area contributed by atoms with Crippen molar-refractivity contribution >= 4 is 17.4 Å². The number of benzene rings is 1. The third-order valence-corrected chi connectivity index (χ3v) is 3.67. The molecule has 106 valence electrons. The summed E-state index contributed by atoms with van der Waals surface area (Å²) in [6.45, 7) is 6.19. The van der Waals surface area contributed by atoms with Gasteiger partial charge in [-0.05, 0) is 43.9 Å². The van der Waals surface area contributed by atoms with Crippen LogP contribution in [0.25, 0.3) is 0 Å². The van der Waals surface area contributed by atoms with Gasteiger partial charge in [0.1, 0.15) is 12.4 Å². The maximum Gasteiger partial charge on any atom is 0.254 e. The van der Waals surface area contributed by atoms with Gasteiger partial charge in [-0.3, -0.25) is 4.79 Å². The van der Waals surface area contributed by atoms with Crippen molar-refractivity contribution in [1.29, 1.82) is 0 Å². The van der Waals surface area contributed by atoms with Crippen molar-refractivity contribution in [1.82, 2.24) is 9.69 Å². The molecule has 0 radical (unpaired) electrons. The normalized spacial score (nSPS) is 11.9. The molecule has 1 atom stereocenters. The van der Waals surface area contributed by atoms with Crippen molar-refractivity contribution in [2.45, 2.75) is 26.8 Å². The maximum absolute atomic E-state index is 12.0. The van der Waals surface area contributed by atoms with Crippen LogP contribution in [0.5, 0.6) is 5.75 Å². The Labute approximate surface area is 123 Å². The fourth-order valence-electron chi connectivity index (χ4n) is 1.79. The molecule has 0 saturated heterocycles. The van der Waals surface area contributed by atoms with Gasteiger partial charge < -0.3 is 10.1 Å². The van der Waals surface area contributed by atoms with Crippen molar-refractivity contribution < 1.29 is 9.53 Å². The third-order valence-electron chi connectivity index (χ3n) is 2.95. The first-order valence-corrected chi connectivity index (χ1v) is 7.32. The molecule has 2 aromatic rings. The Hall–Kier alpha value is -1.88. The first-order valence-electron chi connectivity index (χ1n) is 6.48. The highest BCUT2D eigenvalue weighted by molar-refractivity contribution is 7.03. The number of amides is 1. The smallest absolute Gasteiger partial charge is 0.254 e. The van der Waals surface area contributed by atoms with Crippen LogP contribution >= 0.6 is 11.5 Å². The van der Waals surface area contributed by atoms with E-state index >= 15 is 0 Å². The van der Waals surface area contributed by atoms with Crippen molar-refractivity contribution in [2.75, 3.05) is 6.61 Å². The Balaban J connectivity index is 1.87. The third kappa shape index (κ3) is 3.57. The molecule has 0 fully saturated rings. The zero-order valence-corrected chi connectivity index (χ0v) is 12.7. The Morgan fingerprint density at radius 3 is 2.80 bits per heavy atom. The summed E-state index contributed by atoms with van der Waals surface area (Å²) in [5, 5.41) is 4.68. The number of para-hydroxylation sites is 1. The number of ether oxygens (including phenoxy) is 1. The van der Waals surface area contributed by atoms with E-state index in [2.05, 4.69) is 9.69 Å². The summed E-state index contributed by atoms with van der Waals surface area (Å²) in [5.74, 6) is 0.749. The second-order valence-electron chi connectivity index (χ2n) is 4.76. The molecular weight excluding hydrogens is 272 g/mol. The molecule has 1 N–H and O–H groups in total. The molecule has 4 nitrogen and oxygen atoms in total. The van der Waals surface area contributed by atoms with Gasteiger partial charge in [-0.25, -0.2) is 0 Å². The highest BCUT2D eigenvalue weighted by Crippen LogP contribution is 2.16. The molecular formula is C15H18N2O2S. The molecule has 2 rings (SSSR count). The van der Waals surface area contributed by atoms with Gasteiger partial charge in [-0.2, -0.15) is 4.37 Å². The van der Waals surface area contributed by atoms with Gasteiger partial charge in [-0.15, -0.1) is 0 Å². The molecule has 0 spiro atoms. The molecule has 1 aromatic heterocycles. The van der Waals surface area contributed by atoms with Crippen LogP contribution in [0.15, 0.2) is 29.6 Å². The Kier molecular flexibility index (Phi) is 4.74. The molecule has 1 heterocycles. The largest absolute Gasteiger partial charge is 0.491 e. The van der Waals surface area contributed by atoms with Gasteiger partial charge in [-0.1, -0.05) is 18.2 Å². The topological polar surface area (TPSA) is 51.2 Å². The Morgan fingerprint density at radius 2 is 2.15 bits per heavy atom. The molecule has 1 amide bonds. The quantitative estimate of drug-likeness (QED) is 0.921. The first kappa shape index (κ1) is 14.5. The SMILES string of the molecule is Cc1ccccc1OC[C@H](C)NC(=O)c1csnc1C. The minimum atomic E-state index is -0.0999. The first-order chi connectivity index (χ1) is 9.58. The second kappa shape index (κ2) is 6.52. The molecule has 0 aliphatic rings. The van der Waals surface area contributed by atoms with Crippen LogP contribution in [-0.4, -0.2) is 22.9 Å². The molecule has 0 aliphatic heterocycles. The monoisotopic (exact) mass is 290 g/mol. The van der Waals surface area contributed by atoms with E-state index in [4.69, 9.17) is 4.74 Å². The number of carbonyl (C=O) groups excluding carboxylic acids is 1. The lowest BCUT2D eigenvalue weighted by Gasteiger charge is -2.15. The lowest BCUT2D eigenvalue weighted by Crippen LogP contribution is -2.37. The highest BCUT2D eigenvalue weighted by atomic mass is 32.1. The number of nitrogens with zero attached hydrogens (tertiary/aromatic N) is 1. The van der Waals surface area contributed by atoms with Crippen LogP contribution in [0.1, 0.15) is 28.5 Å². The Morgan fingerprint density at radius 1 is 1.40 bits per heavy atom. The number of carbonyl (C=O) groups is 1. The van der Waals surface area contributed by atoms with Crippen LogP contribution in [-0.2, 0) is 0 Å². The molecule has 1 aromatic carbocycles. The van der Waals surface area contributed by atoms with Crippen LogP contribution in [0.4, 0.5) is 0 Å². The summed E-state index contributed by atoms with van der Waals surface area (Å²) in [4.78, 5) is 12.0. The van der Waals surface area contributed by atoms with Crippen LogP contribution in [0.2, 0.25) is 0 Å². The zero-order chi connectivity index (χ0) is 14.5. The summed E-state index contributed by atoms with van der Waals surface area (Å²) in [6.07, 6.45) is 0. The standard InChI is InChI=1S/C15H18N2O2S/c1-10-6-4-5-7-14(10)19-8-11(2)16-15(18)13-9-20-17-12(13)3/h4-7,9,11H,8H2,1-3H3,(H,16,18)/t11-/m0/s1. The van der Waals surface area contributed by atoms with E-state index in [1.165, 1.54) is 11.5 Å². The van der Waals surface area contributed by atoms with E-state index in [0.717, 1.165) is 17.0 Å². The van der Waals surface area contributed by atoms with Crippen molar-refractivity contribution in [2.24, 2.45) is 0 Å². The van der Waals surface area contributed by atoms with E-state index in [9.17, 15) is 4.79 Å². The summed E-state index contributed by atoms with van der Waals surface area (Å²) in [7, 11) is 0. The van der Waals surface area contributed by atoms with E-state index in [-0.39, 0.29) is 11.9 Å².